The van der Waals surface area contributed by atoms with Crippen LogP contribution in [-0.4, -0.2) is 79.7 Å². The van der Waals surface area contributed by atoms with E-state index in [0.717, 1.165) is 11.3 Å². The highest BCUT2D eigenvalue weighted by Gasteiger charge is 2.24. The normalized spacial score (nSPS) is 14.8. The Kier molecular flexibility index (Phi) is 8.57. The lowest BCUT2D eigenvalue weighted by molar-refractivity contribution is -0.132. The zero-order valence-corrected chi connectivity index (χ0v) is 17.5. The van der Waals surface area contributed by atoms with Gasteiger partial charge in [-0.2, -0.15) is 0 Å². The van der Waals surface area contributed by atoms with E-state index in [1.807, 2.05) is 52.1 Å². The number of carbonyl (C=O) groups is 2. The fraction of sp³-hybridized carbons (Fsp3) is 0.619. The van der Waals surface area contributed by atoms with Gasteiger partial charge in [0.15, 0.2) is 0 Å². The van der Waals surface area contributed by atoms with Crippen molar-refractivity contribution >= 4 is 12.0 Å². The van der Waals surface area contributed by atoms with Crippen molar-refractivity contribution < 1.29 is 19.1 Å². The molecule has 0 atom stereocenters. The van der Waals surface area contributed by atoms with Crippen LogP contribution in [0.3, 0.4) is 0 Å². The Balaban J connectivity index is 1.73. The minimum atomic E-state index is -0.257. The number of rotatable bonds is 8. The van der Waals surface area contributed by atoms with Crippen molar-refractivity contribution in [3.63, 3.8) is 0 Å². The van der Waals surface area contributed by atoms with Gasteiger partial charge in [-0.1, -0.05) is 26.0 Å². The fourth-order valence-corrected chi connectivity index (χ4v) is 2.95. The molecule has 1 fully saturated rings. The summed E-state index contributed by atoms with van der Waals surface area (Å²) < 4.78 is 10.7. The summed E-state index contributed by atoms with van der Waals surface area (Å²) in [6, 6.07) is 7.82. The van der Waals surface area contributed by atoms with E-state index in [1.54, 1.807) is 9.80 Å². The summed E-state index contributed by atoms with van der Waals surface area (Å²) in [5, 5.41) is 0. The number of benzene rings is 1. The number of carbonyl (C=O) groups excluding carboxylic acids is 2. The molecule has 1 aliphatic rings. The predicted octanol–water partition coefficient (Wildman–Crippen LogP) is 2.45. The van der Waals surface area contributed by atoms with Gasteiger partial charge in [-0.05, 0) is 30.5 Å². The maximum Gasteiger partial charge on any atom is 0.409 e. The molecule has 7 nitrogen and oxygen atoms in total. The first-order valence-electron chi connectivity index (χ1n) is 9.98. The van der Waals surface area contributed by atoms with Crippen molar-refractivity contribution in [3.05, 3.63) is 29.8 Å². The van der Waals surface area contributed by atoms with Gasteiger partial charge in [0, 0.05) is 39.8 Å². The molecular weight excluding hydrogens is 358 g/mol. The number of likely N-dealkylation sites (N-methyl/N-ethyl adjacent to an activating group) is 1. The third kappa shape index (κ3) is 7.03. The van der Waals surface area contributed by atoms with Crippen molar-refractivity contribution in [1.82, 2.24) is 14.7 Å². The van der Waals surface area contributed by atoms with Crippen molar-refractivity contribution in [3.8, 4) is 5.75 Å². The second-order valence-electron chi connectivity index (χ2n) is 7.56. The number of ether oxygens (including phenoxy) is 2. The highest BCUT2D eigenvalue weighted by Crippen LogP contribution is 2.13. The maximum atomic E-state index is 12.5. The first-order valence-corrected chi connectivity index (χ1v) is 9.98. The van der Waals surface area contributed by atoms with E-state index >= 15 is 0 Å². The number of amides is 2. The molecule has 1 aliphatic heterocycles. The molecule has 1 saturated heterocycles. The molecule has 0 aliphatic carbocycles. The summed E-state index contributed by atoms with van der Waals surface area (Å²) in [7, 11) is 1.82. The minimum Gasteiger partial charge on any atom is -0.494 e. The summed E-state index contributed by atoms with van der Waals surface area (Å²) in [6.07, 6.45) is -0.257. The van der Waals surface area contributed by atoms with Crippen LogP contribution in [0.4, 0.5) is 4.79 Å². The molecular formula is C21H33N3O4. The van der Waals surface area contributed by atoms with Gasteiger partial charge in [-0.15, -0.1) is 0 Å². The molecule has 0 unspecified atom stereocenters. The lowest BCUT2D eigenvalue weighted by atomic mass is 10.2. The molecule has 1 aromatic carbocycles. The number of hydrogen-bond acceptors (Lipinski definition) is 5. The van der Waals surface area contributed by atoms with E-state index in [1.165, 1.54) is 0 Å². The van der Waals surface area contributed by atoms with Crippen molar-refractivity contribution in [2.45, 2.75) is 27.3 Å². The average Bonchev–Trinajstić information content (AvgIpc) is 2.68. The van der Waals surface area contributed by atoms with E-state index in [9.17, 15) is 9.59 Å². The van der Waals surface area contributed by atoms with E-state index in [-0.39, 0.29) is 12.0 Å². The Labute approximate surface area is 168 Å². The molecule has 0 spiro atoms. The van der Waals surface area contributed by atoms with Gasteiger partial charge in [-0.25, -0.2) is 4.79 Å². The smallest absolute Gasteiger partial charge is 0.409 e. The first kappa shape index (κ1) is 22.0. The van der Waals surface area contributed by atoms with Gasteiger partial charge in [0.25, 0.3) is 0 Å². The Morgan fingerprint density at radius 3 is 2.32 bits per heavy atom. The molecule has 7 heteroatoms. The molecule has 28 heavy (non-hydrogen) atoms. The zero-order chi connectivity index (χ0) is 20.5. The first-order chi connectivity index (χ1) is 13.4. The lowest BCUT2D eigenvalue weighted by Gasteiger charge is -2.34. The van der Waals surface area contributed by atoms with E-state index in [4.69, 9.17) is 9.47 Å². The van der Waals surface area contributed by atoms with Crippen LogP contribution in [0.5, 0.6) is 5.75 Å². The number of nitrogens with zero attached hydrogens (tertiary/aromatic N) is 3. The Morgan fingerprint density at radius 1 is 1.11 bits per heavy atom. The Hall–Kier alpha value is -2.28. The van der Waals surface area contributed by atoms with Crippen LogP contribution in [0.25, 0.3) is 0 Å². The van der Waals surface area contributed by atoms with Crippen LogP contribution in [0.1, 0.15) is 26.3 Å². The molecule has 2 amide bonds. The lowest BCUT2D eigenvalue weighted by Crippen LogP contribution is -2.51. The van der Waals surface area contributed by atoms with Gasteiger partial charge in [0.05, 0.1) is 19.8 Å². The highest BCUT2D eigenvalue weighted by atomic mass is 16.6. The van der Waals surface area contributed by atoms with Crippen LogP contribution in [-0.2, 0) is 16.1 Å². The molecule has 156 valence electrons. The van der Waals surface area contributed by atoms with Crippen LogP contribution < -0.4 is 4.74 Å². The van der Waals surface area contributed by atoms with Crippen molar-refractivity contribution in [1.29, 1.82) is 0 Å². The quantitative estimate of drug-likeness (QED) is 0.681. The SMILES string of the molecule is CCOc1ccc(CN(C)C(=O)CN2CCN(C(=O)OCC(C)C)CC2)cc1. The topological polar surface area (TPSA) is 62.3 Å². The minimum absolute atomic E-state index is 0.0738. The monoisotopic (exact) mass is 391 g/mol. The van der Waals surface area contributed by atoms with Crippen molar-refractivity contribution in [2.75, 3.05) is 53.0 Å². The third-order valence-corrected chi connectivity index (χ3v) is 4.61. The molecule has 1 aromatic rings. The van der Waals surface area contributed by atoms with Crippen molar-refractivity contribution in [2.24, 2.45) is 5.92 Å². The van der Waals surface area contributed by atoms with E-state index in [0.29, 0.717) is 58.4 Å². The second kappa shape index (κ2) is 10.9. The molecule has 0 N–H and O–H groups in total. The Morgan fingerprint density at radius 2 is 1.75 bits per heavy atom. The Bertz CT molecular complexity index is 625. The number of hydrogen-bond donors (Lipinski definition) is 0. The maximum absolute atomic E-state index is 12.5. The van der Waals surface area contributed by atoms with Gasteiger partial charge >= 0.3 is 6.09 Å². The van der Waals surface area contributed by atoms with E-state index < -0.39 is 0 Å². The van der Waals surface area contributed by atoms with Gasteiger partial charge in [0.1, 0.15) is 5.75 Å². The average molecular weight is 392 g/mol. The van der Waals surface area contributed by atoms with Gasteiger partial charge in [0.2, 0.25) is 5.91 Å². The van der Waals surface area contributed by atoms with Gasteiger partial charge in [-0.3, -0.25) is 9.69 Å². The van der Waals surface area contributed by atoms with Crippen LogP contribution in [0, 0.1) is 5.92 Å². The van der Waals surface area contributed by atoms with Gasteiger partial charge < -0.3 is 19.3 Å². The molecule has 0 radical (unpaired) electrons. The fourth-order valence-electron chi connectivity index (χ4n) is 2.95. The second-order valence-corrected chi connectivity index (χ2v) is 7.56. The summed E-state index contributed by atoms with van der Waals surface area (Å²) in [4.78, 5) is 30.1. The molecule has 2 rings (SSSR count). The van der Waals surface area contributed by atoms with Crippen LogP contribution in [0.2, 0.25) is 0 Å². The number of piperazine rings is 1. The van der Waals surface area contributed by atoms with Crippen LogP contribution in [0.15, 0.2) is 24.3 Å². The summed E-state index contributed by atoms with van der Waals surface area (Å²) in [5.74, 6) is 1.24. The zero-order valence-electron chi connectivity index (χ0n) is 17.5. The predicted molar refractivity (Wildman–Crippen MR) is 108 cm³/mol. The highest BCUT2D eigenvalue weighted by molar-refractivity contribution is 5.78. The van der Waals surface area contributed by atoms with Crippen LogP contribution >= 0.6 is 0 Å². The molecule has 1 heterocycles. The largest absolute Gasteiger partial charge is 0.494 e. The summed E-state index contributed by atoms with van der Waals surface area (Å²) in [5.41, 5.74) is 1.07. The third-order valence-electron chi connectivity index (χ3n) is 4.61. The molecule has 0 aromatic heterocycles. The molecule has 0 bridgehead atoms. The molecule has 0 saturated carbocycles. The summed E-state index contributed by atoms with van der Waals surface area (Å²) >= 11 is 0. The standard InChI is InChI=1S/C21H33N3O4/c1-5-27-19-8-6-18(7-9-19)14-22(4)20(25)15-23-10-12-24(13-11-23)21(26)28-16-17(2)3/h6-9,17H,5,10-16H2,1-4H3. The van der Waals surface area contributed by atoms with E-state index in [2.05, 4.69) is 4.90 Å². The summed E-state index contributed by atoms with van der Waals surface area (Å²) in [6.45, 7) is 10.5.